The van der Waals surface area contributed by atoms with Crippen LogP contribution in [0.25, 0.3) is 128 Å². The lowest BCUT2D eigenvalue weighted by atomic mass is 10.1. The van der Waals surface area contributed by atoms with Crippen molar-refractivity contribution in [3.05, 3.63) is 212 Å². The molecule has 0 atom stereocenters. The number of hydrogen-bond acceptors (Lipinski definition) is 5. The predicted octanol–water partition coefficient (Wildman–Crippen LogP) is 14.3. The Morgan fingerprint density at radius 2 is 0.848 bits per heavy atom. The molecule has 66 heavy (non-hydrogen) atoms. The van der Waals surface area contributed by atoms with Gasteiger partial charge in [-0.3, -0.25) is 4.57 Å². The number of fused-ring (bicyclic) bond motifs is 11. The van der Waals surface area contributed by atoms with Gasteiger partial charge in [-0.2, -0.15) is 9.97 Å². The summed E-state index contributed by atoms with van der Waals surface area (Å²) < 4.78 is 13.6. The minimum Gasteiger partial charge on any atom is -0.435 e. The molecule has 0 amide bonds. The summed E-state index contributed by atoms with van der Waals surface area (Å²) in [4.78, 5) is 21.3. The van der Waals surface area contributed by atoms with E-state index < -0.39 is 0 Å². The third-order valence-electron chi connectivity index (χ3n) is 12.9. The van der Waals surface area contributed by atoms with Gasteiger partial charge in [-0.15, -0.1) is 0 Å². The van der Waals surface area contributed by atoms with E-state index in [0.29, 0.717) is 29.1 Å². The van der Waals surface area contributed by atoms with Crippen LogP contribution in [0, 0.1) is 0 Å². The maximum Gasteiger partial charge on any atom is 0.238 e. The highest BCUT2D eigenvalue weighted by molar-refractivity contribution is 6.23. The molecule has 0 aliphatic heterocycles. The summed E-state index contributed by atoms with van der Waals surface area (Å²) in [5.74, 6) is 2.03. The first-order chi connectivity index (χ1) is 32.7. The van der Waals surface area contributed by atoms with E-state index >= 15 is 0 Å². The van der Waals surface area contributed by atoms with E-state index in [0.717, 1.165) is 88.2 Å². The fraction of sp³-hybridized carbons (Fsp3) is 0. The number of aromatic nitrogens is 7. The number of para-hydroxylation sites is 6. The zero-order valence-electron chi connectivity index (χ0n) is 35.2. The Hall–Kier alpha value is -9.14. The van der Waals surface area contributed by atoms with Gasteiger partial charge in [0.2, 0.25) is 11.8 Å². The summed E-state index contributed by atoms with van der Waals surface area (Å²) >= 11 is 0. The van der Waals surface area contributed by atoms with E-state index in [4.69, 9.17) is 24.4 Å². The normalized spacial score (nSPS) is 11.9. The van der Waals surface area contributed by atoms with Crippen molar-refractivity contribution in [2.75, 3.05) is 0 Å². The molecule has 0 saturated carbocycles. The summed E-state index contributed by atoms with van der Waals surface area (Å²) in [6, 6.07) is 73.9. The number of nitrogens with zero attached hydrogens (tertiary/aromatic N) is 7. The Morgan fingerprint density at radius 1 is 0.333 bits per heavy atom. The zero-order valence-corrected chi connectivity index (χ0v) is 35.2. The van der Waals surface area contributed by atoms with Crippen molar-refractivity contribution in [3.8, 4) is 51.6 Å². The van der Waals surface area contributed by atoms with E-state index in [9.17, 15) is 0 Å². The van der Waals surface area contributed by atoms with Gasteiger partial charge in [0.05, 0.1) is 38.7 Å². The van der Waals surface area contributed by atoms with Crippen molar-refractivity contribution in [2.45, 2.75) is 0 Å². The van der Waals surface area contributed by atoms with Gasteiger partial charge < -0.3 is 13.6 Å². The van der Waals surface area contributed by atoms with Crippen molar-refractivity contribution in [1.82, 2.24) is 33.6 Å². The maximum atomic E-state index is 6.64. The lowest BCUT2D eigenvalue weighted by Gasteiger charge is -2.13. The Bertz CT molecular complexity index is 4220. The van der Waals surface area contributed by atoms with E-state index in [2.05, 4.69) is 177 Å². The summed E-state index contributed by atoms with van der Waals surface area (Å²) in [6.07, 6.45) is 0. The van der Waals surface area contributed by atoms with Crippen molar-refractivity contribution in [3.63, 3.8) is 0 Å². The maximum absolute atomic E-state index is 6.64. The minimum absolute atomic E-state index is 0.474. The van der Waals surface area contributed by atoms with Crippen molar-refractivity contribution in [2.24, 2.45) is 0 Å². The highest BCUT2D eigenvalue weighted by Gasteiger charge is 2.25. The molecule has 0 saturated heterocycles. The van der Waals surface area contributed by atoms with Gasteiger partial charge in [0.1, 0.15) is 5.52 Å². The molecule has 9 aromatic carbocycles. The second-order valence-corrected chi connectivity index (χ2v) is 16.6. The fourth-order valence-corrected chi connectivity index (χ4v) is 10.1. The topological polar surface area (TPSA) is 79.5 Å². The van der Waals surface area contributed by atoms with E-state index in [1.54, 1.807) is 0 Å². The molecular formula is C58H35N7O. The van der Waals surface area contributed by atoms with Crippen LogP contribution < -0.4 is 0 Å². The number of benzene rings is 9. The minimum atomic E-state index is 0.474. The average Bonchev–Trinajstić information content (AvgIpc) is 4.15. The van der Waals surface area contributed by atoms with Crippen molar-refractivity contribution in [1.29, 1.82) is 0 Å². The van der Waals surface area contributed by atoms with Crippen LogP contribution in [0.2, 0.25) is 0 Å². The summed E-state index contributed by atoms with van der Waals surface area (Å²) in [6.45, 7) is 0. The van der Waals surface area contributed by atoms with E-state index in [1.807, 2.05) is 48.5 Å². The largest absolute Gasteiger partial charge is 0.435 e. The SMILES string of the molecule is c1ccc(-c2nc3cccc(-c4nc(-c5ccc6c7ccccc7n(-c7ccccc7)c6c5)nc(-n5c6ccccc6c6ccc7c8ccccc8n(-c8ccccc8)c7c65)n4)c3o2)cc1. The molecule has 8 heteroatoms. The van der Waals surface area contributed by atoms with Gasteiger partial charge >= 0.3 is 0 Å². The zero-order chi connectivity index (χ0) is 43.3. The lowest BCUT2D eigenvalue weighted by Crippen LogP contribution is -2.07. The van der Waals surface area contributed by atoms with Crippen molar-refractivity contribution < 1.29 is 4.42 Å². The first-order valence-corrected chi connectivity index (χ1v) is 22.1. The highest BCUT2D eigenvalue weighted by Crippen LogP contribution is 2.42. The standard InChI is InChI=1S/C58H35N7O/c1-4-17-36(18-5-1)57-59-47-27-16-26-46(54(47)66-57)56-60-55(37-31-32-43-40-23-10-13-28-48(40)63(51(43)35-37)38-19-6-2-7-20-38)61-58(62-56)65-50-30-15-12-25-42(50)45-34-33-44-41-24-11-14-29-49(41)64(52(44)53(45)65)39-21-8-3-9-22-39/h1-35H. The summed E-state index contributed by atoms with van der Waals surface area (Å²) in [5.41, 5.74) is 12.3. The highest BCUT2D eigenvalue weighted by atomic mass is 16.3. The molecule has 0 N–H and O–H groups in total. The Morgan fingerprint density at radius 3 is 1.53 bits per heavy atom. The number of rotatable bonds is 6. The Labute approximate surface area is 376 Å². The van der Waals surface area contributed by atoms with Crippen LogP contribution >= 0.6 is 0 Å². The summed E-state index contributed by atoms with van der Waals surface area (Å²) in [7, 11) is 0. The predicted molar refractivity (Wildman–Crippen MR) is 267 cm³/mol. The molecule has 0 fully saturated rings. The molecule has 5 aromatic heterocycles. The monoisotopic (exact) mass is 845 g/mol. The van der Waals surface area contributed by atoms with Crippen LogP contribution in [-0.2, 0) is 0 Å². The fourth-order valence-electron chi connectivity index (χ4n) is 10.1. The molecule has 0 aliphatic rings. The third kappa shape index (κ3) is 5.39. The van der Waals surface area contributed by atoms with Crippen molar-refractivity contribution >= 4 is 76.5 Å². The number of oxazole rings is 1. The second kappa shape index (κ2) is 14.2. The molecule has 0 unspecified atom stereocenters. The lowest BCUT2D eigenvalue weighted by molar-refractivity contribution is 0.620. The second-order valence-electron chi connectivity index (χ2n) is 16.6. The molecule has 8 nitrogen and oxygen atoms in total. The molecule has 308 valence electrons. The van der Waals surface area contributed by atoms with Gasteiger partial charge in [-0.1, -0.05) is 140 Å². The van der Waals surface area contributed by atoms with Crippen LogP contribution in [0.1, 0.15) is 0 Å². The molecule has 0 radical (unpaired) electrons. The molecular weight excluding hydrogens is 811 g/mol. The number of hydrogen-bond donors (Lipinski definition) is 0. The van der Waals surface area contributed by atoms with Gasteiger partial charge in [-0.25, -0.2) is 9.97 Å². The third-order valence-corrected chi connectivity index (χ3v) is 12.9. The Balaban J connectivity index is 1.10. The summed E-state index contributed by atoms with van der Waals surface area (Å²) in [5, 5.41) is 6.82. The molecule has 14 aromatic rings. The molecule has 0 bridgehead atoms. The van der Waals surface area contributed by atoms with Crippen LogP contribution in [0.5, 0.6) is 0 Å². The van der Waals surface area contributed by atoms with E-state index in [1.165, 1.54) is 10.8 Å². The Kier molecular flexibility index (Phi) is 7.81. The van der Waals surface area contributed by atoms with Crippen LogP contribution in [0.3, 0.4) is 0 Å². The van der Waals surface area contributed by atoms with E-state index in [-0.39, 0.29) is 0 Å². The van der Waals surface area contributed by atoms with Gasteiger partial charge in [-0.05, 0) is 72.8 Å². The molecule has 0 aliphatic carbocycles. The van der Waals surface area contributed by atoms with Gasteiger partial charge in [0.15, 0.2) is 17.2 Å². The molecule has 14 rings (SSSR count). The molecule has 0 spiro atoms. The quantitative estimate of drug-likeness (QED) is 0.167. The first-order valence-electron chi connectivity index (χ1n) is 22.1. The van der Waals surface area contributed by atoms with Crippen LogP contribution in [0.4, 0.5) is 0 Å². The smallest absolute Gasteiger partial charge is 0.238 e. The van der Waals surface area contributed by atoms with Gasteiger partial charge in [0, 0.05) is 54.8 Å². The molecule has 5 heterocycles. The first kappa shape index (κ1) is 36.4. The van der Waals surface area contributed by atoms with Crippen LogP contribution in [0.15, 0.2) is 217 Å². The average molecular weight is 846 g/mol. The van der Waals surface area contributed by atoms with Gasteiger partial charge in [0.25, 0.3) is 0 Å². The van der Waals surface area contributed by atoms with Crippen LogP contribution in [-0.4, -0.2) is 33.6 Å².